The van der Waals surface area contributed by atoms with Crippen molar-refractivity contribution in [3.8, 4) is 5.75 Å². The molecule has 1 aliphatic heterocycles. The normalized spacial score (nSPS) is 13.7. The Kier molecular flexibility index (Phi) is 3.11. The van der Waals surface area contributed by atoms with E-state index in [-0.39, 0.29) is 5.78 Å². The molecular weight excluding hydrogens is 240 g/mol. The summed E-state index contributed by atoms with van der Waals surface area (Å²) in [5, 5.41) is 0. The minimum atomic E-state index is -0.0620. The second-order valence-corrected chi connectivity index (χ2v) is 4.72. The van der Waals surface area contributed by atoms with Gasteiger partial charge >= 0.3 is 0 Å². The summed E-state index contributed by atoms with van der Waals surface area (Å²) in [4.78, 5) is 12.3. The van der Waals surface area contributed by atoms with E-state index in [9.17, 15) is 4.79 Å². The van der Waals surface area contributed by atoms with E-state index in [0.717, 1.165) is 42.9 Å². The van der Waals surface area contributed by atoms with Crippen LogP contribution in [0.25, 0.3) is 0 Å². The van der Waals surface area contributed by atoms with Crippen LogP contribution in [0.2, 0.25) is 0 Å². The number of ketones is 1. The number of fused-ring (bicyclic) bond motifs is 1. The predicted molar refractivity (Wildman–Crippen MR) is 71.8 cm³/mol. The summed E-state index contributed by atoms with van der Waals surface area (Å²) < 4.78 is 11.1. The number of aryl methyl sites for hydroxylation is 2. The largest absolute Gasteiger partial charge is 0.493 e. The maximum Gasteiger partial charge on any atom is 0.228 e. The lowest BCUT2D eigenvalue weighted by atomic mass is 10.0. The van der Waals surface area contributed by atoms with Crippen LogP contribution < -0.4 is 4.74 Å². The fourth-order valence-electron chi connectivity index (χ4n) is 2.33. The highest BCUT2D eigenvalue weighted by Gasteiger charge is 2.17. The third-order valence-corrected chi connectivity index (χ3v) is 3.40. The minimum Gasteiger partial charge on any atom is -0.493 e. The van der Waals surface area contributed by atoms with Gasteiger partial charge in [0.1, 0.15) is 11.5 Å². The Labute approximate surface area is 112 Å². The van der Waals surface area contributed by atoms with Gasteiger partial charge in [-0.15, -0.1) is 0 Å². The van der Waals surface area contributed by atoms with Gasteiger partial charge in [0.15, 0.2) is 5.76 Å². The molecule has 0 radical (unpaired) electrons. The average molecular weight is 256 g/mol. The first-order valence-corrected chi connectivity index (χ1v) is 6.67. The maximum absolute atomic E-state index is 12.3. The molecule has 0 N–H and O–H groups in total. The van der Waals surface area contributed by atoms with E-state index in [2.05, 4.69) is 0 Å². The molecular formula is C16H16O3. The average Bonchev–Trinajstić information content (AvgIpc) is 2.95. The third-order valence-electron chi connectivity index (χ3n) is 3.40. The first kappa shape index (κ1) is 12.0. The Morgan fingerprint density at radius 1 is 1.26 bits per heavy atom. The monoisotopic (exact) mass is 256 g/mol. The highest BCUT2D eigenvalue weighted by atomic mass is 16.5. The summed E-state index contributed by atoms with van der Waals surface area (Å²) in [5.74, 6) is 2.09. The van der Waals surface area contributed by atoms with Crippen molar-refractivity contribution in [2.75, 3.05) is 6.61 Å². The van der Waals surface area contributed by atoms with Gasteiger partial charge in [-0.3, -0.25) is 4.79 Å². The quantitative estimate of drug-likeness (QED) is 0.790. The fourth-order valence-corrected chi connectivity index (χ4v) is 2.33. The summed E-state index contributed by atoms with van der Waals surface area (Å²) in [7, 11) is 0. The standard InChI is InChI=1S/C16H16O3/c1-2-13-6-8-15(19-13)16(17)12-5-7-14-11(10-12)4-3-9-18-14/h5-8,10H,2-4,9H2,1H3. The van der Waals surface area contributed by atoms with Gasteiger partial charge in [0.25, 0.3) is 0 Å². The van der Waals surface area contributed by atoms with Gasteiger partial charge in [-0.25, -0.2) is 0 Å². The summed E-state index contributed by atoms with van der Waals surface area (Å²) in [6, 6.07) is 9.21. The molecule has 0 aliphatic carbocycles. The molecule has 0 fully saturated rings. The van der Waals surface area contributed by atoms with E-state index in [4.69, 9.17) is 9.15 Å². The Morgan fingerprint density at radius 2 is 2.16 bits per heavy atom. The number of benzene rings is 1. The highest BCUT2D eigenvalue weighted by molar-refractivity contribution is 6.07. The second-order valence-electron chi connectivity index (χ2n) is 4.72. The van der Waals surface area contributed by atoms with Crippen LogP contribution in [-0.2, 0) is 12.8 Å². The van der Waals surface area contributed by atoms with Crippen molar-refractivity contribution >= 4 is 5.78 Å². The van der Waals surface area contributed by atoms with Crippen LogP contribution in [-0.4, -0.2) is 12.4 Å². The van der Waals surface area contributed by atoms with E-state index in [1.54, 1.807) is 12.1 Å². The van der Waals surface area contributed by atoms with Crippen LogP contribution in [0.15, 0.2) is 34.7 Å². The van der Waals surface area contributed by atoms with Gasteiger partial charge in [0, 0.05) is 12.0 Å². The van der Waals surface area contributed by atoms with E-state index in [0.29, 0.717) is 11.3 Å². The Balaban J connectivity index is 1.91. The second kappa shape index (κ2) is 4.92. The maximum atomic E-state index is 12.3. The molecule has 2 aromatic rings. The number of ether oxygens (including phenoxy) is 1. The lowest BCUT2D eigenvalue weighted by molar-refractivity contribution is 0.101. The van der Waals surface area contributed by atoms with Crippen LogP contribution >= 0.6 is 0 Å². The Morgan fingerprint density at radius 3 is 2.95 bits per heavy atom. The fraction of sp³-hybridized carbons (Fsp3) is 0.312. The topological polar surface area (TPSA) is 39.4 Å². The molecule has 0 unspecified atom stereocenters. The Hall–Kier alpha value is -2.03. The third kappa shape index (κ3) is 2.28. The van der Waals surface area contributed by atoms with Crippen LogP contribution in [0.5, 0.6) is 5.75 Å². The summed E-state index contributed by atoms with van der Waals surface area (Å²) in [6.07, 6.45) is 2.77. The van der Waals surface area contributed by atoms with Crippen molar-refractivity contribution in [1.29, 1.82) is 0 Å². The first-order valence-electron chi connectivity index (χ1n) is 6.67. The van der Waals surface area contributed by atoms with Gasteiger partial charge in [-0.05, 0) is 48.7 Å². The number of hydrogen-bond acceptors (Lipinski definition) is 3. The smallest absolute Gasteiger partial charge is 0.228 e. The zero-order valence-corrected chi connectivity index (χ0v) is 10.9. The molecule has 0 amide bonds. The SMILES string of the molecule is CCc1ccc(C(=O)c2ccc3c(c2)CCCO3)o1. The van der Waals surface area contributed by atoms with Gasteiger partial charge in [-0.1, -0.05) is 6.92 Å². The number of rotatable bonds is 3. The molecule has 98 valence electrons. The van der Waals surface area contributed by atoms with E-state index in [1.807, 2.05) is 25.1 Å². The molecule has 19 heavy (non-hydrogen) atoms. The van der Waals surface area contributed by atoms with Crippen LogP contribution in [0.3, 0.4) is 0 Å². The molecule has 3 nitrogen and oxygen atoms in total. The first-order chi connectivity index (χ1) is 9.28. The number of carbonyl (C=O) groups excluding carboxylic acids is 1. The van der Waals surface area contributed by atoms with Crippen molar-refractivity contribution < 1.29 is 13.9 Å². The molecule has 0 atom stereocenters. The molecule has 2 heterocycles. The molecule has 1 aromatic heterocycles. The minimum absolute atomic E-state index is 0.0620. The molecule has 0 spiro atoms. The van der Waals surface area contributed by atoms with Crippen LogP contribution in [0, 0.1) is 0 Å². The Bertz CT molecular complexity index is 610. The van der Waals surface area contributed by atoms with Crippen molar-refractivity contribution in [2.45, 2.75) is 26.2 Å². The van der Waals surface area contributed by atoms with Crippen molar-refractivity contribution in [2.24, 2.45) is 0 Å². The molecule has 1 aliphatic rings. The van der Waals surface area contributed by atoms with E-state index < -0.39 is 0 Å². The summed E-state index contributed by atoms with van der Waals surface area (Å²) >= 11 is 0. The molecule has 0 saturated heterocycles. The van der Waals surface area contributed by atoms with Crippen molar-refractivity contribution in [3.05, 3.63) is 53.0 Å². The zero-order valence-electron chi connectivity index (χ0n) is 10.9. The van der Waals surface area contributed by atoms with Crippen LogP contribution in [0.4, 0.5) is 0 Å². The molecule has 3 rings (SSSR count). The lowest BCUT2D eigenvalue weighted by Gasteiger charge is -2.17. The molecule has 0 bridgehead atoms. The van der Waals surface area contributed by atoms with Gasteiger partial charge in [0.2, 0.25) is 5.78 Å². The number of hydrogen-bond donors (Lipinski definition) is 0. The summed E-state index contributed by atoms with van der Waals surface area (Å²) in [6.45, 7) is 2.77. The van der Waals surface area contributed by atoms with Crippen molar-refractivity contribution in [3.63, 3.8) is 0 Å². The van der Waals surface area contributed by atoms with Gasteiger partial charge in [-0.2, -0.15) is 0 Å². The van der Waals surface area contributed by atoms with Gasteiger partial charge < -0.3 is 9.15 Å². The molecule has 3 heteroatoms. The van der Waals surface area contributed by atoms with E-state index in [1.165, 1.54) is 0 Å². The zero-order chi connectivity index (χ0) is 13.2. The number of furan rings is 1. The van der Waals surface area contributed by atoms with Crippen molar-refractivity contribution in [1.82, 2.24) is 0 Å². The lowest BCUT2D eigenvalue weighted by Crippen LogP contribution is -2.10. The molecule has 1 aromatic carbocycles. The number of carbonyl (C=O) groups is 1. The molecule has 0 saturated carbocycles. The van der Waals surface area contributed by atoms with Crippen LogP contribution in [0.1, 0.15) is 40.8 Å². The van der Waals surface area contributed by atoms with E-state index >= 15 is 0 Å². The predicted octanol–water partition coefficient (Wildman–Crippen LogP) is 3.40. The van der Waals surface area contributed by atoms with Gasteiger partial charge in [0.05, 0.1) is 6.61 Å². The summed E-state index contributed by atoms with van der Waals surface area (Å²) in [5.41, 5.74) is 1.78. The highest BCUT2D eigenvalue weighted by Crippen LogP contribution is 2.26.